The fourth-order valence-corrected chi connectivity index (χ4v) is 4.62. The lowest BCUT2D eigenvalue weighted by atomic mass is 9.97. The number of unbranched alkanes of at least 4 members (excludes halogenated alkanes) is 1. The van der Waals surface area contributed by atoms with Crippen LogP contribution in [0, 0.1) is 12.8 Å². The number of rotatable bonds is 10. The molecule has 8 heteroatoms. The number of hydrogen-bond acceptors (Lipinski definition) is 5. The Morgan fingerprint density at radius 1 is 0.976 bits per heavy atom. The minimum atomic E-state index is -1.01. The number of anilines is 1. The number of nitrogens with zero attached hydrogens (tertiary/aromatic N) is 1. The maximum absolute atomic E-state index is 14.2. The van der Waals surface area contributed by atoms with Crippen LogP contribution >= 0.6 is 0 Å². The van der Waals surface area contributed by atoms with Crippen molar-refractivity contribution in [3.8, 4) is 5.75 Å². The van der Waals surface area contributed by atoms with Crippen LogP contribution in [0.15, 0.2) is 60.7 Å². The number of carbonyl (C=O) groups excluding carboxylic acids is 3. The third kappa shape index (κ3) is 8.46. The topological polar surface area (TPSA) is 108 Å². The molecule has 2 atom stereocenters. The van der Waals surface area contributed by atoms with Crippen molar-refractivity contribution in [1.82, 2.24) is 10.2 Å². The van der Waals surface area contributed by atoms with Crippen molar-refractivity contribution < 1.29 is 24.2 Å². The second-order valence-electron chi connectivity index (χ2n) is 11.8. The highest BCUT2D eigenvalue weighted by Crippen LogP contribution is 2.30. The van der Waals surface area contributed by atoms with Crippen LogP contribution in [0.3, 0.4) is 0 Å². The van der Waals surface area contributed by atoms with Gasteiger partial charge in [0.25, 0.3) is 5.91 Å². The van der Waals surface area contributed by atoms with E-state index in [-0.39, 0.29) is 17.6 Å². The van der Waals surface area contributed by atoms with Gasteiger partial charge in [0.1, 0.15) is 23.4 Å². The van der Waals surface area contributed by atoms with Gasteiger partial charge in [-0.2, -0.15) is 0 Å². The third-order valence-corrected chi connectivity index (χ3v) is 6.75. The predicted octanol–water partition coefficient (Wildman–Crippen LogP) is 6.71. The van der Waals surface area contributed by atoms with Gasteiger partial charge in [-0.25, -0.2) is 4.79 Å². The summed E-state index contributed by atoms with van der Waals surface area (Å²) in [5.41, 5.74) is 1.01. The van der Waals surface area contributed by atoms with E-state index < -0.39 is 29.7 Å². The molecule has 0 saturated heterocycles. The van der Waals surface area contributed by atoms with E-state index in [1.807, 2.05) is 63.2 Å². The van der Waals surface area contributed by atoms with Crippen LogP contribution in [0.4, 0.5) is 10.5 Å². The van der Waals surface area contributed by atoms with E-state index in [4.69, 9.17) is 4.74 Å². The Hall–Kier alpha value is -4.07. The molecule has 220 valence electrons. The molecular weight excluding hydrogens is 518 g/mol. The van der Waals surface area contributed by atoms with E-state index in [0.717, 1.165) is 17.2 Å². The first-order valence-corrected chi connectivity index (χ1v) is 14.2. The molecule has 3 aromatic carbocycles. The summed E-state index contributed by atoms with van der Waals surface area (Å²) in [7, 11) is 0. The van der Waals surface area contributed by atoms with Crippen LogP contribution in [0.2, 0.25) is 0 Å². The zero-order chi connectivity index (χ0) is 30.3. The smallest absolute Gasteiger partial charge is 0.408 e. The number of phenols is 1. The average Bonchev–Trinajstić information content (AvgIpc) is 2.89. The van der Waals surface area contributed by atoms with Gasteiger partial charge in [0.15, 0.2) is 0 Å². The van der Waals surface area contributed by atoms with Gasteiger partial charge < -0.3 is 25.4 Å². The Morgan fingerprint density at radius 2 is 1.66 bits per heavy atom. The van der Waals surface area contributed by atoms with Gasteiger partial charge >= 0.3 is 6.09 Å². The number of amides is 3. The number of benzene rings is 3. The Kier molecular flexibility index (Phi) is 10.4. The molecule has 0 radical (unpaired) electrons. The van der Waals surface area contributed by atoms with Crippen molar-refractivity contribution in [2.24, 2.45) is 5.92 Å². The number of aryl methyl sites for hydroxylation is 1. The van der Waals surface area contributed by atoms with Crippen LogP contribution in [-0.4, -0.2) is 46.1 Å². The van der Waals surface area contributed by atoms with Crippen LogP contribution in [0.25, 0.3) is 10.8 Å². The molecule has 0 heterocycles. The number of aromatic hydroxyl groups is 1. The molecule has 0 aliphatic carbocycles. The van der Waals surface area contributed by atoms with Gasteiger partial charge in [0, 0.05) is 12.2 Å². The fourth-order valence-electron chi connectivity index (χ4n) is 4.62. The van der Waals surface area contributed by atoms with E-state index in [1.54, 1.807) is 39.8 Å². The van der Waals surface area contributed by atoms with E-state index in [1.165, 1.54) is 11.0 Å². The fraction of sp³-hybridized carbons (Fsp3) is 0.424. The quantitative estimate of drug-likeness (QED) is 0.255. The highest BCUT2D eigenvalue weighted by atomic mass is 16.6. The Balaban J connectivity index is 2.04. The molecule has 3 amide bonds. The lowest BCUT2D eigenvalue weighted by Crippen LogP contribution is -2.54. The summed E-state index contributed by atoms with van der Waals surface area (Å²) >= 11 is 0. The summed E-state index contributed by atoms with van der Waals surface area (Å²) in [6.07, 6.45) is 0.751. The maximum atomic E-state index is 14.2. The molecule has 0 spiro atoms. The summed E-state index contributed by atoms with van der Waals surface area (Å²) in [4.78, 5) is 42.5. The first kappa shape index (κ1) is 31.5. The van der Waals surface area contributed by atoms with Gasteiger partial charge in [0.05, 0.1) is 0 Å². The van der Waals surface area contributed by atoms with Gasteiger partial charge in [-0.05, 0) is 86.2 Å². The zero-order valence-electron chi connectivity index (χ0n) is 25.2. The van der Waals surface area contributed by atoms with Crippen molar-refractivity contribution in [3.63, 3.8) is 0 Å². The SMILES string of the molecule is CCCCN(C(=O)C(NC(=O)OC(C)(C)C)C(C)C)C(C(=O)Nc1ccc2ccccc2c1)c1ccc(O)c(C)c1. The monoisotopic (exact) mass is 561 g/mol. The zero-order valence-corrected chi connectivity index (χ0v) is 25.2. The number of carbonyl (C=O) groups is 3. The highest BCUT2D eigenvalue weighted by molar-refractivity contribution is 6.00. The normalized spacial score (nSPS) is 13.0. The van der Waals surface area contributed by atoms with Crippen molar-refractivity contribution in [1.29, 1.82) is 0 Å². The van der Waals surface area contributed by atoms with Crippen LogP contribution in [-0.2, 0) is 14.3 Å². The number of fused-ring (bicyclic) bond motifs is 1. The molecule has 2 unspecified atom stereocenters. The summed E-state index contributed by atoms with van der Waals surface area (Å²) < 4.78 is 5.44. The average molecular weight is 562 g/mol. The predicted molar refractivity (Wildman–Crippen MR) is 163 cm³/mol. The van der Waals surface area contributed by atoms with Crippen molar-refractivity contribution in [2.75, 3.05) is 11.9 Å². The number of phenolic OH excluding ortho intramolecular Hbond substituents is 1. The Morgan fingerprint density at radius 3 is 2.27 bits per heavy atom. The van der Waals surface area contributed by atoms with E-state index in [0.29, 0.717) is 29.8 Å². The van der Waals surface area contributed by atoms with Gasteiger partial charge in [-0.15, -0.1) is 0 Å². The highest BCUT2D eigenvalue weighted by Gasteiger charge is 2.37. The van der Waals surface area contributed by atoms with E-state index in [9.17, 15) is 19.5 Å². The molecule has 3 rings (SSSR count). The largest absolute Gasteiger partial charge is 0.508 e. The number of alkyl carbamates (subject to hydrolysis) is 1. The standard InChI is InChI=1S/C33H43N3O5/c1-8-9-18-36(31(39)28(21(2)3)35-32(40)41-33(5,6)7)29(25-15-17-27(37)22(4)19-25)30(38)34-26-16-14-23-12-10-11-13-24(23)20-26/h10-17,19-21,28-29,37H,8-9,18H2,1-7H3,(H,34,38)(H,35,40). The minimum Gasteiger partial charge on any atom is -0.508 e. The molecule has 8 nitrogen and oxygen atoms in total. The molecule has 0 fully saturated rings. The Bertz CT molecular complexity index is 1380. The summed E-state index contributed by atoms with van der Waals surface area (Å²) in [6.45, 7) is 13.0. The molecular formula is C33H43N3O5. The molecule has 0 bridgehead atoms. The van der Waals surface area contributed by atoms with Gasteiger partial charge in [0.2, 0.25) is 5.91 Å². The third-order valence-electron chi connectivity index (χ3n) is 6.75. The first-order valence-electron chi connectivity index (χ1n) is 14.2. The lowest BCUT2D eigenvalue weighted by Gasteiger charge is -2.35. The summed E-state index contributed by atoms with van der Waals surface area (Å²) in [6, 6.07) is 16.5. The Labute approximate surface area is 243 Å². The van der Waals surface area contributed by atoms with E-state index in [2.05, 4.69) is 10.6 Å². The second kappa shape index (κ2) is 13.5. The molecule has 0 aromatic heterocycles. The summed E-state index contributed by atoms with van der Waals surface area (Å²) in [5, 5.41) is 18.0. The van der Waals surface area contributed by atoms with Crippen molar-refractivity contribution >= 4 is 34.4 Å². The van der Waals surface area contributed by atoms with Crippen LogP contribution < -0.4 is 10.6 Å². The van der Waals surface area contributed by atoms with Crippen molar-refractivity contribution in [2.45, 2.75) is 79.0 Å². The number of hydrogen-bond donors (Lipinski definition) is 3. The first-order chi connectivity index (χ1) is 19.3. The van der Waals surface area contributed by atoms with Gasteiger partial charge in [-0.3, -0.25) is 9.59 Å². The van der Waals surface area contributed by atoms with Crippen LogP contribution in [0.1, 0.15) is 71.6 Å². The number of nitrogens with one attached hydrogen (secondary N) is 2. The summed E-state index contributed by atoms with van der Waals surface area (Å²) in [5.74, 6) is -0.955. The number of ether oxygens (including phenoxy) is 1. The van der Waals surface area contributed by atoms with Gasteiger partial charge in [-0.1, -0.05) is 63.6 Å². The van der Waals surface area contributed by atoms with E-state index >= 15 is 0 Å². The second-order valence-corrected chi connectivity index (χ2v) is 11.8. The molecule has 3 aromatic rings. The molecule has 0 aliphatic rings. The molecule has 0 aliphatic heterocycles. The maximum Gasteiger partial charge on any atom is 0.408 e. The minimum absolute atomic E-state index is 0.0977. The lowest BCUT2D eigenvalue weighted by molar-refractivity contribution is -0.141. The molecule has 0 saturated carbocycles. The van der Waals surface area contributed by atoms with Crippen LogP contribution in [0.5, 0.6) is 5.75 Å². The molecule has 41 heavy (non-hydrogen) atoms. The molecule has 3 N–H and O–H groups in total. The van der Waals surface area contributed by atoms with Crippen molar-refractivity contribution in [3.05, 3.63) is 71.8 Å².